The van der Waals surface area contributed by atoms with Crippen LogP contribution in [0.1, 0.15) is 50.6 Å². The average molecular weight is 328 g/mol. The van der Waals surface area contributed by atoms with Crippen molar-refractivity contribution >= 4 is 16.9 Å². The Bertz CT molecular complexity index is 647. The SMILES string of the molecule is C=C(C)c1ccc([C@@H](N[S+]([O-])C(C)(C)C)c2ccccc2)nc1. The summed E-state index contributed by atoms with van der Waals surface area (Å²) in [6, 6.07) is 13.7. The average Bonchev–Trinajstić information content (AvgIpc) is 2.52. The third-order valence-corrected chi connectivity index (χ3v) is 5.05. The van der Waals surface area contributed by atoms with Crippen molar-refractivity contribution in [2.75, 3.05) is 0 Å². The summed E-state index contributed by atoms with van der Waals surface area (Å²) in [4.78, 5) is 4.55. The molecule has 3 nitrogen and oxygen atoms in total. The van der Waals surface area contributed by atoms with Crippen LogP contribution in [-0.2, 0) is 11.4 Å². The molecule has 0 saturated carbocycles. The molecule has 0 fully saturated rings. The van der Waals surface area contributed by atoms with Crippen LogP contribution >= 0.6 is 0 Å². The van der Waals surface area contributed by atoms with E-state index in [1.807, 2.05) is 76.4 Å². The van der Waals surface area contributed by atoms with Crippen molar-refractivity contribution in [3.63, 3.8) is 0 Å². The van der Waals surface area contributed by atoms with Crippen molar-refractivity contribution in [2.45, 2.75) is 38.5 Å². The molecular formula is C19H24N2OS. The third-order valence-electron chi connectivity index (χ3n) is 3.49. The van der Waals surface area contributed by atoms with Gasteiger partial charge in [0, 0.05) is 17.6 Å². The number of hydrogen-bond donors (Lipinski definition) is 1. The van der Waals surface area contributed by atoms with Gasteiger partial charge in [0.25, 0.3) is 0 Å². The summed E-state index contributed by atoms with van der Waals surface area (Å²) >= 11 is -1.19. The highest BCUT2D eigenvalue weighted by Crippen LogP contribution is 2.25. The molecule has 1 unspecified atom stereocenters. The number of benzene rings is 1. The Balaban J connectivity index is 2.35. The maximum atomic E-state index is 12.6. The second-order valence-electron chi connectivity index (χ2n) is 6.59. The topological polar surface area (TPSA) is 48.0 Å². The molecule has 2 atom stereocenters. The summed E-state index contributed by atoms with van der Waals surface area (Å²) in [5.74, 6) is 0. The van der Waals surface area contributed by atoms with Crippen molar-refractivity contribution in [3.8, 4) is 0 Å². The Morgan fingerprint density at radius 3 is 2.30 bits per heavy atom. The van der Waals surface area contributed by atoms with Crippen LogP contribution in [0.5, 0.6) is 0 Å². The van der Waals surface area contributed by atoms with E-state index >= 15 is 0 Å². The molecule has 1 heterocycles. The molecule has 0 aliphatic heterocycles. The highest BCUT2D eigenvalue weighted by Gasteiger charge is 2.31. The van der Waals surface area contributed by atoms with Gasteiger partial charge in [0.1, 0.15) is 10.8 Å². The summed E-state index contributed by atoms with van der Waals surface area (Å²) in [6.07, 6.45) is 1.81. The van der Waals surface area contributed by atoms with Gasteiger partial charge < -0.3 is 4.55 Å². The molecule has 2 rings (SSSR count). The maximum absolute atomic E-state index is 12.6. The van der Waals surface area contributed by atoms with Gasteiger partial charge in [-0.15, -0.1) is 4.72 Å². The minimum atomic E-state index is -1.19. The van der Waals surface area contributed by atoms with E-state index in [0.29, 0.717) is 0 Å². The van der Waals surface area contributed by atoms with Crippen molar-refractivity contribution in [3.05, 3.63) is 72.1 Å². The summed E-state index contributed by atoms with van der Waals surface area (Å²) in [7, 11) is 0. The standard InChI is InChI=1S/C19H24N2OS/c1-14(2)16-11-12-17(20-13-16)18(15-9-7-6-8-10-15)21-23(22)19(3,4)5/h6-13,18,21H,1H2,2-5H3/t18-,23?/m0/s1. The lowest BCUT2D eigenvalue weighted by Gasteiger charge is -2.28. The van der Waals surface area contributed by atoms with E-state index in [9.17, 15) is 4.55 Å². The molecule has 122 valence electrons. The summed E-state index contributed by atoms with van der Waals surface area (Å²) in [6.45, 7) is 11.8. The Kier molecular flexibility index (Phi) is 5.63. The molecule has 0 radical (unpaired) electrons. The first-order chi connectivity index (χ1) is 10.8. The molecule has 0 amide bonds. The number of nitrogens with one attached hydrogen (secondary N) is 1. The van der Waals surface area contributed by atoms with Crippen LogP contribution in [0.25, 0.3) is 5.57 Å². The van der Waals surface area contributed by atoms with Crippen LogP contribution < -0.4 is 4.72 Å². The largest absolute Gasteiger partial charge is 0.598 e. The number of rotatable bonds is 5. The summed E-state index contributed by atoms with van der Waals surface area (Å²) in [5, 5.41) is 0. The quantitative estimate of drug-likeness (QED) is 0.834. The first-order valence-corrected chi connectivity index (χ1v) is 8.79. The summed E-state index contributed by atoms with van der Waals surface area (Å²) < 4.78 is 15.4. The molecule has 4 heteroatoms. The molecule has 0 saturated heterocycles. The zero-order valence-electron chi connectivity index (χ0n) is 14.2. The minimum absolute atomic E-state index is 0.213. The van der Waals surface area contributed by atoms with Gasteiger partial charge in [0.05, 0.1) is 5.69 Å². The molecule has 0 aliphatic carbocycles. The Morgan fingerprint density at radius 2 is 1.83 bits per heavy atom. The lowest BCUT2D eigenvalue weighted by Crippen LogP contribution is -2.41. The zero-order chi connectivity index (χ0) is 17.0. The van der Waals surface area contributed by atoms with Gasteiger partial charge >= 0.3 is 0 Å². The molecule has 1 aromatic heterocycles. The Morgan fingerprint density at radius 1 is 1.17 bits per heavy atom. The first-order valence-electron chi connectivity index (χ1n) is 7.64. The van der Waals surface area contributed by atoms with E-state index in [-0.39, 0.29) is 10.8 Å². The van der Waals surface area contributed by atoms with Gasteiger partial charge in [-0.3, -0.25) is 4.98 Å². The number of aromatic nitrogens is 1. The van der Waals surface area contributed by atoms with Gasteiger partial charge in [0.15, 0.2) is 0 Å². The van der Waals surface area contributed by atoms with E-state index in [2.05, 4.69) is 16.3 Å². The molecule has 0 aliphatic rings. The predicted octanol–water partition coefficient (Wildman–Crippen LogP) is 4.26. The lowest BCUT2D eigenvalue weighted by atomic mass is 10.0. The fraction of sp³-hybridized carbons (Fsp3) is 0.316. The number of hydrogen-bond acceptors (Lipinski definition) is 3. The number of allylic oxidation sites excluding steroid dienone is 1. The fourth-order valence-corrected chi connectivity index (χ4v) is 2.88. The highest BCUT2D eigenvalue weighted by molar-refractivity contribution is 7.90. The van der Waals surface area contributed by atoms with Crippen LogP contribution in [0.2, 0.25) is 0 Å². The summed E-state index contributed by atoms with van der Waals surface area (Å²) in [5.41, 5.74) is 3.88. The molecule has 23 heavy (non-hydrogen) atoms. The monoisotopic (exact) mass is 328 g/mol. The Labute approximate surface area is 142 Å². The maximum Gasteiger partial charge on any atom is 0.136 e. The zero-order valence-corrected chi connectivity index (χ0v) is 15.0. The van der Waals surface area contributed by atoms with Crippen LogP contribution in [-0.4, -0.2) is 14.3 Å². The molecule has 0 bridgehead atoms. The Hall–Kier alpha value is -1.62. The molecule has 1 aromatic carbocycles. The highest BCUT2D eigenvalue weighted by atomic mass is 32.2. The van der Waals surface area contributed by atoms with Gasteiger partial charge in [-0.25, -0.2) is 0 Å². The normalized spacial score (nSPS) is 14.3. The van der Waals surface area contributed by atoms with E-state index < -0.39 is 11.4 Å². The van der Waals surface area contributed by atoms with Gasteiger partial charge in [0.2, 0.25) is 0 Å². The van der Waals surface area contributed by atoms with Gasteiger partial charge in [-0.2, -0.15) is 0 Å². The number of nitrogens with zero attached hydrogens (tertiary/aromatic N) is 1. The van der Waals surface area contributed by atoms with Crippen molar-refractivity contribution in [1.82, 2.24) is 9.71 Å². The molecule has 1 N–H and O–H groups in total. The minimum Gasteiger partial charge on any atom is -0.598 e. The smallest absolute Gasteiger partial charge is 0.136 e. The van der Waals surface area contributed by atoms with Crippen molar-refractivity contribution < 1.29 is 4.55 Å². The van der Waals surface area contributed by atoms with Crippen LogP contribution in [0, 0.1) is 0 Å². The van der Waals surface area contributed by atoms with E-state index in [0.717, 1.165) is 22.4 Å². The van der Waals surface area contributed by atoms with Crippen molar-refractivity contribution in [2.24, 2.45) is 0 Å². The van der Waals surface area contributed by atoms with Crippen LogP contribution in [0.15, 0.2) is 55.2 Å². The second-order valence-corrected chi connectivity index (χ2v) is 8.59. The third kappa shape index (κ3) is 4.67. The molecular weight excluding hydrogens is 304 g/mol. The van der Waals surface area contributed by atoms with Gasteiger partial charge in [-0.05, 0) is 50.5 Å². The molecule has 0 spiro atoms. The van der Waals surface area contributed by atoms with Crippen LogP contribution in [0.3, 0.4) is 0 Å². The van der Waals surface area contributed by atoms with Crippen molar-refractivity contribution in [1.29, 1.82) is 0 Å². The molecule has 2 aromatic rings. The first kappa shape index (κ1) is 17.7. The van der Waals surface area contributed by atoms with Gasteiger partial charge in [-0.1, -0.05) is 43.0 Å². The van der Waals surface area contributed by atoms with E-state index in [4.69, 9.17) is 0 Å². The number of pyridine rings is 1. The predicted molar refractivity (Wildman–Crippen MR) is 98.3 cm³/mol. The lowest BCUT2D eigenvalue weighted by molar-refractivity contribution is 0.534. The van der Waals surface area contributed by atoms with Crippen LogP contribution in [0.4, 0.5) is 0 Å². The second kappa shape index (κ2) is 7.30. The van der Waals surface area contributed by atoms with E-state index in [1.54, 1.807) is 0 Å². The van der Waals surface area contributed by atoms with E-state index in [1.165, 1.54) is 0 Å². The fourth-order valence-electron chi connectivity index (χ4n) is 2.06.